The van der Waals surface area contributed by atoms with Crippen molar-refractivity contribution >= 4 is 45.5 Å². The van der Waals surface area contributed by atoms with E-state index in [0.29, 0.717) is 18.1 Å². The number of hydrogen-bond donors (Lipinski definition) is 2. The van der Waals surface area contributed by atoms with Crippen LogP contribution in [0.15, 0.2) is 78.5 Å². The SMILES string of the molecule is C/C=C/C(=O)Nc1cccc(Nc2ncc3cc(C4=C(C)C=CCC4=O)ccc3n2)c1. The van der Waals surface area contributed by atoms with E-state index in [2.05, 4.69) is 20.6 Å². The molecule has 0 saturated heterocycles. The summed E-state index contributed by atoms with van der Waals surface area (Å²) in [6, 6.07) is 13.1. The average molecular weight is 410 g/mol. The number of hydrogen-bond acceptors (Lipinski definition) is 5. The molecule has 0 atom stereocenters. The number of fused-ring (bicyclic) bond motifs is 1. The van der Waals surface area contributed by atoms with E-state index in [9.17, 15) is 9.59 Å². The van der Waals surface area contributed by atoms with Crippen LogP contribution in [0.2, 0.25) is 0 Å². The van der Waals surface area contributed by atoms with Gasteiger partial charge in [-0.1, -0.05) is 30.4 Å². The van der Waals surface area contributed by atoms with Gasteiger partial charge in [0.2, 0.25) is 11.9 Å². The normalized spacial score (nSPS) is 13.8. The molecule has 2 N–H and O–H groups in total. The molecule has 0 radical (unpaired) electrons. The first kappa shape index (κ1) is 20.2. The van der Waals surface area contributed by atoms with Gasteiger partial charge in [0.25, 0.3) is 0 Å². The number of Topliss-reactive ketones (excluding diaryl/α,β-unsaturated/α-hetero) is 1. The molecule has 4 rings (SSSR count). The Morgan fingerprint density at radius 1 is 1.13 bits per heavy atom. The molecular weight excluding hydrogens is 388 g/mol. The van der Waals surface area contributed by atoms with Gasteiger partial charge in [-0.25, -0.2) is 9.97 Å². The van der Waals surface area contributed by atoms with E-state index in [0.717, 1.165) is 33.3 Å². The second kappa shape index (κ2) is 8.75. The van der Waals surface area contributed by atoms with E-state index in [4.69, 9.17) is 0 Å². The third kappa shape index (κ3) is 4.59. The van der Waals surface area contributed by atoms with Gasteiger partial charge in [0.15, 0.2) is 5.78 Å². The van der Waals surface area contributed by atoms with Crippen LogP contribution < -0.4 is 10.6 Å². The zero-order chi connectivity index (χ0) is 21.8. The Balaban J connectivity index is 1.57. The summed E-state index contributed by atoms with van der Waals surface area (Å²) in [6.07, 6.45) is 9.20. The molecular formula is C25H22N4O2. The zero-order valence-corrected chi connectivity index (χ0v) is 17.3. The van der Waals surface area contributed by atoms with E-state index in [1.54, 1.807) is 19.2 Å². The van der Waals surface area contributed by atoms with E-state index in [1.165, 1.54) is 6.08 Å². The first-order valence-corrected chi connectivity index (χ1v) is 10.0. The summed E-state index contributed by atoms with van der Waals surface area (Å²) in [4.78, 5) is 33.1. The molecule has 0 bridgehead atoms. The molecule has 6 nitrogen and oxygen atoms in total. The fourth-order valence-corrected chi connectivity index (χ4v) is 3.52. The minimum Gasteiger partial charge on any atom is -0.324 e. The van der Waals surface area contributed by atoms with Crippen LogP contribution >= 0.6 is 0 Å². The van der Waals surface area contributed by atoms with Crippen LogP contribution in [-0.4, -0.2) is 21.7 Å². The van der Waals surface area contributed by atoms with Crippen LogP contribution in [0, 0.1) is 0 Å². The highest BCUT2D eigenvalue weighted by molar-refractivity contribution is 6.23. The summed E-state index contributed by atoms with van der Waals surface area (Å²) in [6.45, 7) is 3.74. The number of benzene rings is 2. The van der Waals surface area contributed by atoms with Gasteiger partial charge < -0.3 is 10.6 Å². The second-order valence-electron chi connectivity index (χ2n) is 7.25. The lowest BCUT2D eigenvalue weighted by Crippen LogP contribution is -2.08. The third-order valence-corrected chi connectivity index (χ3v) is 4.92. The molecule has 2 aromatic carbocycles. The van der Waals surface area contributed by atoms with Crippen LogP contribution in [0.5, 0.6) is 0 Å². The fourth-order valence-electron chi connectivity index (χ4n) is 3.52. The van der Waals surface area contributed by atoms with Crippen molar-refractivity contribution in [3.63, 3.8) is 0 Å². The average Bonchev–Trinajstić information content (AvgIpc) is 2.74. The molecule has 0 spiro atoms. The summed E-state index contributed by atoms with van der Waals surface area (Å²) >= 11 is 0. The largest absolute Gasteiger partial charge is 0.324 e. The molecule has 3 aromatic rings. The predicted molar refractivity (Wildman–Crippen MR) is 124 cm³/mol. The molecule has 1 amide bonds. The Hall–Kier alpha value is -4.06. The summed E-state index contributed by atoms with van der Waals surface area (Å²) < 4.78 is 0. The lowest BCUT2D eigenvalue weighted by molar-refractivity contribution is -0.113. The summed E-state index contributed by atoms with van der Waals surface area (Å²) in [5, 5.41) is 6.83. The second-order valence-corrected chi connectivity index (χ2v) is 7.25. The molecule has 6 heteroatoms. The van der Waals surface area contributed by atoms with Crippen molar-refractivity contribution in [2.45, 2.75) is 20.3 Å². The minimum absolute atomic E-state index is 0.125. The molecule has 0 fully saturated rings. The Kier molecular flexibility index (Phi) is 5.71. The lowest BCUT2D eigenvalue weighted by Gasteiger charge is -2.13. The Labute approximate surface area is 180 Å². The van der Waals surface area contributed by atoms with E-state index >= 15 is 0 Å². The number of carbonyl (C=O) groups is 2. The van der Waals surface area contributed by atoms with Crippen molar-refractivity contribution in [1.82, 2.24) is 9.97 Å². The molecule has 1 aliphatic carbocycles. The minimum atomic E-state index is -0.185. The van der Waals surface area contributed by atoms with Crippen LogP contribution in [-0.2, 0) is 9.59 Å². The maximum atomic E-state index is 12.3. The van der Waals surface area contributed by atoms with E-state index in [-0.39, 0.29) is 11.7 Å². The maximum absolute atomic E-state index is 12.3. The molecule has 1 aliphatic rings. The van der Waals surface area contributed by atoms with Crippen LogP contribution in [0.25, 0.3) is 16.5 Å². The van der Waals surface area contributed by atoms with Gasteiger partial charge in [0.1, 0.15) is 0 Å². The molecule has 0 aliphatic heterocycles. The maximum Gasteiger partial charge on any atom is 0.248 e. The number of allylic oxidation sites excluding steroid dienone is 5. The van der Waals surface area contributed by atoms with Crippen molar-refractivity contribution in [1.29, 1.82) is 0 Å². The first-order chi connectivity index (χ1) is 15.0. The number of anilines is 3. The monoisotopic (exact) mass is 410 g/mol. The standard InChI is InChI=1S/C25H22N4O2/c1-3-6-23(31)27-19-8-5-9-20(14-19)28-25-26-15-18-13-17(11-12-21(18)29-25)24-16(2)7-4-10-22(24)30/h3-9,11-15H,10H2,1-2H3,(H,27,31)(H,26,28,29)/b6-3+. The van der Waals surface area contributed by atoms with Gasteiger partial charge in [-0.05, 0) is 61.4 Å². The molecule has 1 aromatic heterocycles. The summed E-state index contributed by atoms with van der Waals surface area (Å²) in [7, 11) is 0. The number of ketones is 1. The lowest BCUT2D eigenvalue weighted by atomic mass is 9.91. The van der Waals surface area contributed by atoms with Crippen molar-refractivity contribution < 1.29 is 9.59 Å². The molecule has 154 valence electrons. The summed E-state index contributed by atoms with van der Waals surface area (Å²) in [5.41, 5.74) is 4.81. The molecule has 0 saturated carbocycles. The van der Waals surface area contributed by atoms with E-state index < -0.39 is 0 Å². The number of nitrogens with one attached hydrogen (secondary N) is 2. The number of aromatic nitrogens is 2. The Bertz CT molecular complexity index is 1270. The highest BCUT2D eigenvalue weighted by Gasteiger charge is 2.17. The van der Waals surface area contributed by atoms with Gasteiger partial charge in [0.05, 0.1) is 5.52 Å². The number of nitrogens with zero attached hydrogens (tertiary/aromatic N) is 2. The van der Waals surface area contributed by atoms with Gasteiger partial charge >= 0.3 is 0 Å². The molecule has 31 heavy (non-hydrogen) atoms. The van der Waals surface area contributed by atoms with Crippen LogP contribution in [0.1, 0.15) is 25.8 Å². The quantitative estimate of drug-likeness (QED) is 0.566. The predicted octanol–water partition coefficient (Wildman–Crippen LogP) is 5.19. The van der Waals surface area contributed by atoms with Crippen molar-refractivity contribution in [3.8, 4) is 0 Å². The van der Waals surface area contributed by atoms with Gasteiger partial charge in [-0.15, -0.1) is 0 Å². The highest BCUT2D eigenvalue weighted by Crippen LogP contribution is 2.28. The van der Waals surface area contributed by atoms with E-state index in [1.807, 2.05) is 61.5 Å². The topological polar surface area (TPSA) is 84.0 Å². The van der Waals surface area contributed by atoms with Crippen LogP contribution in [0.4, 0.5) is 17.3 Å². The smallest absolute Gasteiger partial charge is 0.248 e. The zero-order valence-electron chi connectivity index (χ0n) is 17.3. The Morgan fingerprint density at radius 3 is 2.77 bits per heavy atom. The van der Waals surface area contributed by atoms with Gasteiger partial charge in [-0.2, -0.15) is 0 Å². The van der Waals surface area contributed by atoms with Crippen molar-refractivity contribution in [3.05, 3.63) is 84.1 Å². The fraction of sp³-hybridized carbons (Fsp3) is 0.120. The summed E-state index contributed by atoms with van der Waals surface area (Å²) in [5.74, 6) is 0.388. The van der Waals surface area contributed by atoms with Crippen LogP contribution in [0.3, 0.4) is 0 Å². The highest BCUT2D eigenvalue weighted by atomic mass is 16.1. The van der Waals surface area contributed by atoms with Crippen molar-refractivity contribution in [2.24, 2.45) is 0 Å². The third-order valence-electron chi connectivity index (χ3n) is 4.92. The number of carbonyl (C=O) groups excluding carboxylic acids is 2. The van der Waals surface area contributed by atoms with Gasteiger partial charge in [-0.3, -0.25) is 9.59 Å². The first-order valence-electron chi connectivity index (χ1n) is 10.0. The Morgan fingerprint density at radius 2 is 1.97 bits per heavy atom. The van der Waals surface area contributed by atoms with Crippen molar-refractivity contribution in [2.75, 3.05) is 10.6 Å². The number of amides is 1. The molecule has 1 heterocycles. The molecule has 0 unspecified atom stereocenters. The number of rotatable bonds is 5. The van der Waals surface area contributed by atoms with Gasteiger partial charge in [0, 0.05) is 35.0 Å².